The first kappa shape index (κ1) is 17.1. The van der Waals surface area contributed by atoms with Crippen LogP contribution in [0, 0.1) is 0 Å². The summed E-state index contributed by atoms with van der Waals surface area (Å²) in [4.78, 5) is 14.5. The number of ether oxygens (including phenoxy) is 1. The van der Waals surface area contributed by atoms with Crippen molar-refractivity contribution in [2.24, 2.45) is 0 Å². The number of rotatable bonds is 5. The van der Waals surface area contributed by atoms with E-state index in [9.17, 15) is 9.90 Å². The van der Waals surface area contributed by atoms with E-state index < -0.39 is 0 Å². The summed E-state index contributed by atoms with van der Waals surface area (Å²) < 4.78 is 5.63. The van der Waals surface area contributed by atoms with Crippen LogP contribution in [-0.4, -0.2) is 33.9 Å². The van der Waals surface area contributed by atoms with Gasteiger partial charge < -0.3 is 9.84 Å². The number of methoxy groups -OCH3 is 1. The Labute approximate surface area is 144 Å². The summed E-state index contributed by atoms with van der Waals surface area (Å²) in [6.07, 6.45) is 3.62. The van der Waals surface area contributed by atoms with Crippen molar-refractivity contribution in [1.29, 1.82) is 0 Å². The van der Waals surface area contributed by atoms with Crippen molar-refractivity contribution in [1.82, 2.24) is 4.90 Å². The number of carbonyl (C=O) groups is 1. The lowest BCUT2D eigenvalue weighted by Crippen LogP contribution is -2.28. The summed E-state index contributed by atoms with van der Waals surface area (Å²) in [6.45, 7) is 2.70. The minimum atomic E-state index is -0.114. The van der Waals surface area contributed by atoms with Gasteiger partial charge in [-0.1, -0.05) is 48.9 Å². The molecule has 1 fully saturated rings. The predicted octanol–water partition coefficient (Wildman–Crippen LogP) is 4.06. The molecule has 1 N–H and O–H groups in total. The molecule has 118 valence electrons. The number of thiocarbonyl (C=S) groups is 1. The number of hydrogen-bond donors (Lipinski definition) is 1. The Bertz CT molecular complexity index is 646. The minimum Gasteiger partial charge on any atom is -0.503 e. The molecule has 1 heterocycles. The van der Waals surface area contributed by atoms with Crippen molar-refractivity contribution < 1.29 is 14.6 Å². The van der Waals surface area contributed by atoms with Crippen LogP contribution in [0.4, 0.5) is 0 Å². The SMILES string of the molecule is CCCCN1C(=O)/C(=C\c2cc(Cl)c(O)c(OC)c2)SC1=S. The number of phenols is 1. The van der Waals surface area contributed by atoms with Crippen molar-refractivity contribution in [3.8, 4) is 11.5 Å². The Hall–Kier alpha value is -1.24. The van der Waals surface area contributed by atoms with Crippen LogP contribution in [0.25, 0.3) is 6.08 Å². The summed E-state index contributed by atoms with van der Waals surface area (Å²) in [7, 11) is 1.44. The molecule has 0 unspecified atom stereocenters. The van der Waals surface area contributed by atoms with E-state index in [0.29, 0.717) is 21.3 Å². The van der Waals surface area contributed by atoms with Crippen LogP contribution in [0.2, 0.25) is 5.02 Å². The molecule has 1 aromatic rings. The number of unbranched alkanes of at least 4 members (excludes halogenated alkanes) is 1. The van der Waals surface area contributed by atoms with Crippen LogP contribution < -0.4 is 4.74 Å². The van der Waals surface area contributed by atoms with E-state index in [1.165, 1.54) is 18.9 Å². The number of benzene rings is 1. The molecule has 0 bridgehead atoms. The molecule has 0 aliphatic carbocycles. The van der Waals surface area contributed by atoms with Gasteiger partial charge in [-0.05, 0) is 30.2 Å². The zero-order valence-corrected chi connectivity index (χ0v) is 14.6. The molecule has 7 heteroatoms. The van der Waals surface area contributed by atoms with Gasteiger partial charge in [0.1, 0.15) is 4.32 Å². The molecule has 1 aliphatic rings. The molecule has 1 aromatic carbocycles. The van der Waals surface area contributed by atoms with Crippen molar-refractivity contribution in [2.45, 2.75) is 19.8 Å². The fraction of sp³-hybridized carbons (Fsp3) is 0.333. The second-order valence-corrected chi connectivity index (χ2v) is 6.82. The van der Waals surface area contributed by atoms with Gasteiger partial charge in [0.05, 0.1) is 17.0 Å². The van der Waals surface area contributed by atoms with Crippen LogP contribution in [0.3, 0.4) is 0 Å². The van der Waals surface area contributed by atoms with Gasteiger partial charge in [-0.15, -0.1) is 0 Å². The number of amides is 1. The van der Waals surface area contributed by atoms with E-state index in [1.807, 2.05) is 0 Å². The highest BCUT2D eigenvalue weighted by molar-refractivity contribution is 8.26. The standard InChI is InChI=1S/C15H16ClNO3S2/c1-3-4-5-17-14(19)12(22-15(17)21)8-9-6-10(16)13(18)11(7-9)20-2/h6-8,18H,3-5H2,1-2H3/b12-8+. The lowest BCUT2D eigenvalue weighted by molar-refractivity contribution is -0.122. The maximum atomic E-state index is 12.4. The summed E-state index contributed by atoms with van der Waals surface area (Å²) in [5.41, 5.74) is 0.677. The van der Waals surface area contributed by atoms with Gasteiger partial charge in [0.25, 0.3) is 5.91 Å². The number of aromatic hydroxyl groups is 1. The second kappa shape index (κ2) is 7.35. The van der Waals surface area contributed by atoms with Gasteiger partial charge >= 0.3 is 0 Å². The number of carbonyl (C=O) groups excluding carboxylic acids is 1. The quantitative estimate of drug-likeness (QED) is 0.636. The molecule has 22 heavy (non-hydrogen) atoms. The van der Waals surface area contributed by atoms with Gasteiger partial charge in [-0.2, -0.15) is 0 Å². The minimum absolute atomic E-state index is 0.0911. The molecule has 1 amide bonds. The number of nitrogens with zero attached hydrogens (tertiary/aromatic N) is 1. The van der Waals surface area contributed by atoms with Gasteiger partial charge in [0, 0.05) is 6.54 Å². The summed E-state index contributed by atoms with van der Waals surface area (Å²) >= 11 is 12.5. The Kier molecular flexibility index (Phi) is 5.72. The molecular weight excluding hydrogens is 342 g/mol. The zero-order chi connectivity index (χ0) is 16.3. The zero-order valence-electron chi connectivity index (χ0n) is 12.3. The predicted molar refractivity (Wildman–Crippen MR) is 94.5 cm³/mol. The lowest BCUT2D eigenvalue weighted by atomic mass is 10.2. The molecule has 0 atom stereocenters. The first-order valence-corrected chi connectivity index (χ1v) is 8.40. The number of thioether (sulfide) groups is 1. The maximum Gasteiger partial charge on any atom is 0.266 e. The third-order valence-electron chi connectivity index (χ3n) is 3.18. The van der Waals surface area contributed by atoms with Gasteiger partial charge in [0.15, 0.2) is 11.5 Å². The Morgan fingerprint density at radius 3 is 2.86 bits per heavy atom. The third-order valence-corrected chi connectivity index (χ3v) is 4.84. The first-order valence-electron chi connectivity index (χ1n) is 6.79. The molecule has 4 nitrogen and oxygen atoms in total. The first-order chi connectivity index (χ1) is 10.5. The normalized spacial score (nSPS) is 16.7. The van der Waals surface area contributed by atoms with Crippen LogP contribution in [0.15, 0.2) is 17.0 Å². The van der Waals surface area contributed by atoms with Crippen LogP contribution in [0.1, 0.15) is 25.3 Å². The molecule has 0 spiro atoms. The fourth-order valence-corrected chi connectivity index (χ4v) is 3.52. The molecule has 0 radical (unpaired) electrons. The third kappa shape index (κ3) is 3.56. The van der Waals surface area contributed by atoms with Gasteiger partial charge in [-0.25, -0.2) is 0 Å². The summed E-state index contributed by atoms with van der Waals surface area (Å²) in [6, 6.07) is 3.21. The molecular formula is C15H16ClNO3S2. The number of hydrogen-bond acceptors (Lipinski definition) is 5. The largest absolute Gasteiger partial charge is 0.503 e. The van der Waals surface area contributed by atoms with Crippen molar-refractivity contribution >= 4 is 51.9 Å². The molecule has 0 saturated carbocycles. The monoisotopic (exact) mass is 357 g/mol. The second-order valence-electron chi connectivity index (χ2n) is 4.74. The van der Waals surface area contributed by atoms with Crippen molar-refractivity contribution in [3.05, 3.63) is 27.6 Å². The molecule has 1 saturated heterocycles. The highest BCUT2D eigenvalue weighted by Crippen LogP contribution is 2.38. The number of phenolic OH excluding ortho intramolecular Hbond substituents is 1. The molecule has 0 aromatic heterocycles. The van der Waals surface area contributed by atoms with Gasteiger partial charge in [-0.3, -0.25) is 9.69 Å². The van der Waals surface area contributed by atoms with E-state index in [2.05, 4.69) is 6.92 Å². The van der Waals surface area contributed by atoms with E-state index in [0.717, 1.165) is 12.8 Å². The Morgan fingerprint density at radius 1 is 1.50 bits per heavy atom. The van der Waals surface area contributed by atoms with Crippen molar-refractivity contribution in [3.63, 3.8) is 0 Å². The Balaban J connectivity index is 2.29. The molecule has 1 aliphatic heterocycles. The van der Waals surface area contributed by atoms with E-state index in [4.69, 9.17) is 28.6 Å². The fourth-order valence-electron chi connectivity index (χ4n) is 1.99. The highest BCUT2D eigenvalue weighted by atomic mass is 35.5. The summed E-state index contributed by atoms with van der Waals surface area (Å²) in [5.74, 6) is 0.0589. The highest BCUT2D eigenvalue weighted by Gasteiger charge is 2.31. The molecule has 2 rings (SSSR count). The average molecular weight is 358 g/mol. The van der Waals surface area contributed by atoms with E-state index >= 15 is 0 Å². The number of halogens is 1. The topological polar surface area (TPSA) is 49.8 Å². The van der Waals surface area contributed by atoms with Gasteiger partial charge in [0.2, 0.25) is 0 Å². The summed E-state index contributed by atoms with van der Waals surface area (Å²) in [5, 5.41) is 9.91. The Morgan fingerprint density at radius 2 is 2.23 bits per heavy atom. The van der Waals surface area contributed by atoms with Crippen LogP contribution >= 0.6 is 35.6 Å². The van der Waals surface area contributed by atoms with Crippen molar-refractivity contribution in [2.75, 3.05) is 13.7 Å². The van der Waals surface area contributed by atoms with E-state index in [1.54, 1.807) is 23.1 Å². The smallest absolute Gasteiger partial charge is 0.266 e. The maximum absolute atomic E-state index is 12.4. The van der Waals surface area contributed by atoms with Crippen LogP contribution in [0.5, 0.6) is 11.5 Å². The lowest BCUT2D eigenvalue weighted by Gasteiger charge is -2.13. The average Bonchev–Trinajstić information content (AvgIpc) is 2.75. The van der Waals surface area contributed by atoms with E-state index in [-0.39, 0.29) is 22.4 Å². The van der Waals surface area contributed by atoms with Crippen LogP contribution in [-0.2, 0) is 4.79 Å².